The Bertz CT molecular complexity index is 740. The van der Waals surface area contributed by atoms with Gasteiger partial charge in [-0.05, 0) is 68.4 Å². The van der Waals surface area contributed by atoms with Crippen molar-refractivity contribution < 1.29 is 9.84 Å². The minimum absolute atomic E-state index is 0.145. The lowest BCUT2D eigenvalue weighted by molar-refractivity contribution is 0.0734. The number of aryl methyl sites for hydroxylation is 3. The first-order valence-electron chi connectivity index (χ1n) is 9.34. The van der Waals surface area contributed by atoms with E-state index in [4.69, 9.17) is 4.74 Å². The van der Waals surface area contributed by atoms with E-state index in [-0.39, 0.29) is 6.10 Å². The minimum atomic E-state index is 0.145. The molecule has 2 saturated heterocycles. The molecule has 25 heavy (non-hydrogen) atoms. The Morgan fingerprint density at radius 1 is 1.08 bits per heavy atom. The van der Waals surface area contributed by atoms with Crippen LogP contribution in [0.15, 0.2) is 42.5 Å². The summed E-state index contributed by atoms with van der Waals surface area (Å²) in [6.07, 6.45) is 4.94. The third-order valence-electron chi connectivity index (χ3n) is 5.92. The number of phenols is 1. The van der Waals surface area contributed by atoms with Crippen LogP contribution in [-0.4, -0.2) is 28.8 Å². The number of nitrogens with zero attached hydrogens (tertiary/aromatic N) is 1. The molecule has 0 bridgehead atoms. The van der Waals surface area contributed by atoms with Gasteiger partial charge in [0.15, 0.2) is 0 Å². The lowest BCUT2D eigenvalue weighted by atomic mass is 9.98. The molecule has 0 aromatic heterocycles. The largest absolute Gasteiger partial charge is 0.508 e. The summed E-state index contributed by atoms with van der Waals surface area (Å²) in [5, 5.41) is 9.50. The number of fused-ring (bicyclic) bond motifs is 1. The highest BCUT2D eigenvalue weighted by atomic mass is 16.5. The van der Waals surface area contributed by atoms with Crippen LogP contribution in [0.25, 0.3) is 0 Å². The van der Waals surface area contributed by atoms with Crippen LogP contribution in [0.1, 0.15) is 47.6 Å². The fourth-order valence-corrected chi connectivity index (χ4v) is 4.45. The summed E-state index contributed by atoms with van der Waals surface area (Å²) in [5.41, 5.74) is 5.42. The van der Waals surface area contributed by atoms with Crippen molar-refractivity contribution in [3.05, 3.63) is 64.7 Å². The highest BCUT2D eigenvalue weighted by Crippen LogP contribution is 2.41. The second kappa shape index (κ2) is 6.81. The Balaban J connectivity index is 1.41. The maximum Gasteiger partial charge on any atom is 0.115 e. The van der Waals surface area contributed by atoms with Gasteiger partial charge in [0.1, 0.15) is 12.5 Å². The van der Waals surface area contributed by atoms with Gasteiger partial charge in [-0.1, -0.05) is 35.9 Å². The monoisotopic (exact) mass is 337 g/mol. The zero-order valence-corrected chi connectivity index (χ0v) is 15.1. The minimum Gasteiger partial charge on any atom is -0.508 e. The normalized spacial score (nSPS) is 26.1. The smallest absolute Gasteiger partial charge is 0.115 e. The SMILES string of the molecule is Cc1ccc(C)c(CC[C@@H]2CC[C@H]3[C@@H](c4ccc(O)cc4)OCN23)c1. The van der Waals surface area contributed by atoms with E-state index in [1.807, 2.05) is 12.1 Å². The van der Waals surface area contributed by atoms with Crippen molar-refractivity contribution in [2.24, 2.45) is 0 Å². The zero-order valence-electron chi connectivity index (χ0n) is 15.1. The molecule has 2 aliphatic rings. The van der Waals surface area contributed by atoms with Crippen molar-refractivity contribution in [2.75, 3.05) is 6.73 Å². The number of rotatable bonds is 4. The first-order chi connectivity index (χ1) is 12.1. The fourth-order valence-electron chi connectivity index (χ4n) is 4.45. The van der Waals surface area contributed by atoms with Crippen molar-refractivity contribution in [3.63, 3.8) is 0 Å². The fraction of sp³-hybridized carbons (Fsp3) is 0.455. The van der Waals surface area contributed by atoms with Crippen molar-refractivity contribution >= 4 is 0 Å². The Hall–Kier alpha value is -1.84. The molecule has 0 amide bonds. The molecule has 2 heterocycles. The summed E-state index contributed by atoms with van der Waals surface area (Å²) in [5.74, 6) is 0.316. The molecule has 2 fully saturated rings. The topological polar surface area (TPSA) is 32.7 Å². The van der Waals surface area contributed by atoms with E-state index in [0.29, 0.717) is 17.8 Å². The Morgan fingerprint density at radius 2 is 1.88 bits per heavy atom. The van der Waals surface area contributed by atoms with Gasteiger partial charge in [-0.25, -0.2) is 0 Å². The van der Waals surface area contributed by atoms with E-state index in [1.165, 1.54) is 41.5 Å². The number of hydrogen-bond donors (Lipinski definition) is 1. The second-order valence-corrected chi connectivity index (χ2v) is 7.59. The van der Waals surface area contributed by atoms with Crippen molar-refractivity contribution in [1.29, 1.82) is 0 Å². The summed E-state index contributed by atoms with van der Waals surface area (Å²) in [4.78, 5) is 2.56. The molecule has 3 nitrogen and oxygen atoms in total. The molecule has 4 rings (SSSR count). The maximum absolute atomic E-state index is 9.50. The average molecular weight is 337 g/mol. The third-order valence-corrected chi connectivity index (χ3v) is 5.92. The number of hydrogen-bond acceptors (Lipinski definition) is 3. The first-order valence-corrected chi connectivity index (χ1v) is 9.34. The first kappa shape index (κ1) is 16.6. The Kier molecular flexibility index (Phi) is 4.53. The summed E-state index contributed by atoms with van der Waals surface area (Å²) in [6.45, 7) is 5.12. The molecule has 0 radical (unpaired) electrons. The Labute approximate surface area is 150 Å². The van der Waals surface area contributed by atoms with Gasteiger partial charge in [0.05, 0.1) is 6.10 Å². The van der Waals surface area contributed by atoms with Crippen molar-refractivity contribution in [3.8, 4) is 5.75 Å². The standard InChI is InChI=1S/C22H27NO2/c1-15-3-4-16(2)18(13-15)5-8-19-9-12-21-22(25-14-23(19)21)17-6-10-20(24)11-7-17/h3-4,6-7,10-11,13,19,21-22,24H,5,8-9,12,14H2,1-2H3/t19-,21+,22-/m1/s1. The predicted octanol–water partition coefficient (Wildman–Crippen LogP) is 4.50. The van der Waals surface area contributed by atoms with Crippen molar-refractivity contribution in [1.82, 2.24) is 4.90 Å². The number of benzene rings is 2. The second-order valence-electron chi connectivity index (χ2n) is 7.59. The van der Waals surface area contributed by atoms with E-state index < -0.39 is 0 Å². The third kappa shape index (κ3) is 3.31. The lowest BCUT2D eigenvalue weighted by Gasteiger charge is -2.23. The van der Waals surface area contributed by atoms with Gasteiger partial charge >= 0.3 is 0 Å². The van der Waals surface area contributed by atoms with Gasteiger partial charge in [0.25, 0.3) is 0 Å². The van der Waals surface area contributed by atoms with Gasteiger partial charge in [-0.15, -0.1) is 0 Å². The van der Waals surface area contributed by atoms with Crippen LogP contribution < -0.4 is 0 Å². The summed E-state index contributed by atoms with van der Waals surface area (Å²) in [7, 11) is 0. The van der Waals surface area contributed by atoms with Crippen LogP contribution in [0.2, 0.25) is 0 Å². The highest BCUT2D eigenvalue weighted by molar-refractivity contribution is 5.31. The summed E-state index contributed by atoms with van der Waals surface area (Å²) in [6, 6.07) is 15.4. The number of phenolic OH excluding ortho intramolecular Hbond substituents is 1. The average Bonchev–Trinajstić information content (AvgIpc) is 3.19. The van der Waals surface area contributed by atoms with Crippen LogP contribution in [0.4, 0.5) is 0 Å². The van der Waals surface area contributed by atoms with Gasteiger partial charge in [0, 0.05) is 12.1 Å². The molecule has 0 spiro atoms. The molecule has 3 atom stereocenters. The van der Waals surface area contributed by atoms with E-state index >= 15 is 0 Å². The molecule has 3 heteroatoms. The highest BCUT2D eigenvalue weighted by Gasteiger charge is 2.43. The quantitative estimate of drug-likeness (QED) is 0.891. The molecule has 2 aromatic carbocycles. The number of aromatic hydroxyl groups is 1. The molecule has 0 aliphatic carbocycles. The van der Waals surface area contributed by atoms with E-state index in [9.17, 15) is 5.11 Å². The lowest BCUT2D eigenvalue weighted by Crippen LogP contribution is -2.33. The van der Waals surface area contributed by atoms with Gasteiger partial charge in [0.2, 0.25) is 0 Å². The molecule has 0 unspecified atom stereocenters. The van der Waals surface area contributed by atoms with Crippen molar-refractivity contribution in [2.45, 2.75) is 57.7 Å². The molecule has 0 saturated carbocycles. The molecule has 2 aliphatic heterocycles. The molecule has 1 N–H and O–H groups in total. The molecular weight excluding hydrogens is 310 g/mol. The van der Waals surface area contributed by atoms with Crippen LogP contribution >= 0.6 is 0 Å². The molecule has 2 aromatic rings. The zero-order chi connectivity index (χ0) is 17.4. The number of ether oxygens (including phenoxy) is 1. The summed E-state index contributed by atoms with van der Waals surface area (Å²) < 4.78 is 6.12. The molecular formula is C22H27NO2. The van der Waals surface area contributed by atoms with E-state index in [2.05, 4.69) is 36.9 Å². The Morgan fingerprint density at radius 3 is 2.68 bits per heavy atom. The maximum atomic E-state index is 9.50. The van der Waals surface area contributed by atoms with Gasteiger partial charge < -0.3 is 9.84 Å². The van der Waals surface area contributed by atoms with Gasteiger partial charge in [-0.2, -0.15) is 0 Å². The van der Waals surface area contributed by atoms with Crippen LogP contribution in [-0.2, 0) is 11.2 Å². The molecule has 132 valence electrons. The van der Waals surface area contributed by atoms with Crippen LogP contribution in [0, 0.1) is 13.8 Å². The van der Waals surface area contributed by atoms with E-state index in [0.717, 1.165) is 13.2 Å². The van der Waals surface area contributed by atoms with Gasteiger partial charge in [-0.3, -0.25) is 4.90 Å². The predicted molar refractivity (Wildman–Crippen MR) is 99.7 cm³/mol. The summed E-state index contributed by atoms with van der Waals surface area (Å²) >= 11 is 0. The van der Waals surface area contributed by atoms with E-state index in [1.54, 1.807) is 12.1 Å². The van der Waals surface area contributed by atoms with Crippen LogP contribution in [0.3, 0.4) is 0 Å². The van der Waals surface area contributed by atoms with Crippen LogP contribution in [0.5, 0.6) is 5.75 Å².